The molecule has 3 heterocycles. The number of aryl methyl sites for hydroxylation is 3. The Kier molecular flexibility index (Phi) is 7.00. The number of carbonyl (C=O) groups excluding carboxylic acids is 2. The molecule has 0 aliphatic rings. The van der Waals surface area contributed by atoms with Crippen LogP contribution in [0.1, 0.15) is 36.9 Å². The first-order valence-electron chi connectivity index (χ1n) is 12.2. The molecule has 39 heavy (non-hydrogen) atoms. The number of ether oxygens (including phenoxy) is 1. The number of fused-ring (bicyclic) bond motifs is 1. The Hall–Kier alpha value is -4.76. The highest BCUT2D eigenvalue weighted by Gasteiger charge is 2.27. The number of pyridine rings is 2. The number of benzene rings is 2. The third-order valence-electron chi connectivity index (χ3n) is 6.40. The molecule has 0 atom stereocenters. The van der Waals surface area contributed by atoms with Gasteiger partial charge in [0.2, 0.25) is 0 Å². The van der Waals surface area contributed by atoms with Crippen LogP contribution in [0.4, 0.5) is 17.1 Å². The van der Waals surface area contributed by atoms with Gasteiger partial charge in [-0.25, -0.2) is 4.98 Å². The maximum Gasteiger partial charge on any atom is 0.267 e. The Morgan fingerprint density at radius 2 is 1.79 bits per heavy atom. The number of aromatic nitrogens is 2. The monoisotopic (exact) mass is 537 g/mol. The largest absolute Gasteiger partial charge is 0.497 e. The zero-order valence-corrected chi connectivity index (χ0v) is 22.8. The van der Waals surface area contributed by atoms with Crippen LogP contribution in [-0.2, 0) is 0 Å². The fourth-order valence-electron chi connectivity index (χ4n) is 4.54. The van der Waals surface area contributed by atoms with Crippen molar-refractivity contribution in [1.82, 2.24) is 9.97 Å². The highest BCUT2D eigenvalue weighted by atomic mass is 32.1. The van der Waals surface area contributed by atoms with E-state index in [1.54, 1.807) is 56.8 Å². The fraction of sp³-hybridized carbons (Fsp3) is 0.133. The lowest BCUT2D eigenvalue weighted by Crippen LogP contribution is -2.17. The number of hydrogen-bond donors (Lipinski definition) is 3. The average molecular weight is 538 g/mol. The molecule has 0 fully saturated rings. The number of rotatable bonds is 6. The number of hydrogen-bond acceptors (Lipinski definition) is 7. The molecule has 0 unspecified atom stereocenters. The molecule has 8 nitrogen and oxygen atoms in total. The van der Waals surface area contributed by atoms with E-state index in [1.807, 2.05) is 38.1 Å². The van der Waals surface area contributed by atoms with Gasteiger partial charge in [-0.05, 0) is 50.6 Å². The molecule has 0 radical (unpaired) electrons. The molecule has 196 valence electrons. The number of anilines is 3. The van der Waals surface area contributed by atoms with Gasteiger partial charge in [-0.1, -0.05) is 29.8 Å². The van der Waals surface area contributed by atoms with E-state index in [0.717, 1.165) is 11.1 Å². The second-order valence-corrected chi connectivity index (χ2v) is 10.2. The molecule has 2 amide bonds. The fourth-order valence-corrected chi connectivity index (χ4v) is 5.58. The first kappa shape index (κ1) is 25.9. The molecule has 2 aromatic carbocycles. The summed E-state index contributed by atoms with van der Waals surface area (Å²) >= 11 is 1.18. The Bertz CT molecular complexity index is 1730. The van der Waals surface area contributed by atoms with E-state index in [0.29, 0.717) is 54.6 Å². The van der Waals surface area contributed by atoms with Gasteiger partial charge in [0.25, 0.3) is 11.8 Å². The smallest absolute Gasteiger partial charge is 0.267 e. The van der Waals surface area contributed by atoms with Gasteiger partial charge < -0.3 is 21.1 Å². The Labute approximate surface area is 229 Å². The lowest BCUT2D eigenvalue weighted by molar-refractivity contribution is 0.102. The predicted molar refractivity (Wildman–Crippen MR) is 157 cm³/mol. The van der Waals surface area contributed by atoms with Crippen molar-refractivity contribution >= 4 is 50.4 Å². The predicted octanol–water partition coefficient (Wildman–Crippen LogP) is 6.38. The molecule has 0 aliphatic heterocycles. The summed E-state index contributed by atoms with van der Waals surface area (Å²) in [4.78, 5) is 36.9. The number of nitrogen functional groups attached to an aromatic ring is 1. The maximum absolute atomic E-state index is 13.8. The molecule has 0 saturated carbocycles. The zero-order valence-electron chi connectivity index (χ0n) is 22.0. The van der Waals surface area contributed by atoms with Crippen LogP contribution < -0.4 is 21.1 Å². The van der Waals surface area contributed by atoms with Crippen LogP contribution in [0.25, 0.3) is 21.3 Å². The third-order valence-corrected chi connectivity index (χ3v) is 7.50. The SMILES string of the molecule is COc1cccc(NC(=O)c2sc3nc(C)c(C(=O)Nc4ccc(C)cc4C)c(-c4cccnc4)c3c2N)c1. The lowest BCUT2D eigenvalue weighted by atomic mass is 9.95. The van der Waals surface area contributed by atoms with E-state index in [2.05, 4.69) is 15.6 Å². The van der Waals surface area contributed by atoms with E-state index in [9.17, 15) is 9.59 Å². The quantitative estimate of drug-likeness (QED) is 0.231. The summed E-state index contributed by atoms with van der Waals surface area (Å²) in [5.41, 5.74) is 12.4. The number of amides is 2. The van der Waals surface area contributed by atoms with Gasteiger partial charge in [-0.3, -0.25) is 14.6 Å². The van der Waals surface area contributed by atoms with Crippen LogP contribution in [0, 0.1) is 20.8 Å². The number of thiophene rings is 1. The molecule has 4 N–H and O–H groups in total. The first-order chi connectivity index (χ1) is 18.8. The molecule has 9 heteroatoms. The molecular formula is C30H27N5O3S. The van der Waals surface area contributed by atoms with Gasteiger partial charge in [0.15, 0.2) is 0 Å². The normalized spacial score (nSPS) is 10.9. The van der Waals surface area contributed by atoms with Gasteiger partial charge in [-0.2, -0.15) is 0 Å². The van der Waals surface area contributed by atoms with E-state index in [-0.39, 0.29) is 17.5 Å². The minimum Gasteiger partial charge on any atom is -0.497 e. The summed E-state index contributed by atoms with van der Waals surface area (Å²) in [6, 6.07) is 16.6. The van der Waals surface area contributed by atoms with Crippen LogP contribution in [0.5, 0.6) is 5.75 Å². The number of carbonyl (C=O) groups is 2. The van der Waals surface area contributed by atoms with Gasteiger partial charge in [0, 0.05) is 46.3 Å². The van der Waals surface area contributed by atoms with Crippen molar-refractivity contribution in [2.24, 2.45) is 0 Å². The molecule has 0 aliphatic carbocycles. The van der Waals surface area contributed by atoms with Gasteiger partial charge >= 0.3 is 0 Å². The summed E-state index contributed by atoms with van der Waals surface area (Å²) in [5, 5.41) is 6.46. The molecule has 0 spiro atoms. The minimum absolute atomic E-state index is 0.252. The second kappa shape index (κ2) is 10.5. The topological polar surface area (TPSA) is 119 Å². The van der Waals surface area contributed by atoms with E-state index >= 15 is 0 Å². The van der Waals surface area contributed by atoms with Crippen LogP contribution in [0.2, 0.25) is 0 Å². The molecule has 0 bridgehead atoms. The summed E-state index contributed by atoms with van der Waals surface area (Å²) in [6.45, 7) is 5.73. The second-order valence-electron chi connectivity index (χ2n) is 9.17. The summed E-state index contributed by atoms with van der Waals surface area (Å²) in [5.74, 6) is -0.0757. The van der Waals surface area contributed by atoms with Crippen molar-refractivity contribution in [2.75, 3.05) is 23.5 Å². The van der Waals surface area contributed by atoms with E-state index in [1.165, 1.54) is 11.3 Å². The van der Waals surface area contributed by atoms with Crippen LogP contribution in [-0.4, -0.2) is 28.9 Å². The van der Waals surface area contributed by atoms with Gasteiger partial charge in [0.05, 0.1) is 24.1 Å². The van der Waals surface area contributed by atoms with Crippen molar-refractivity contribution in [1.29, 1.82) is 0 Å². The van der Waals surface area contributed by atoms with Gasteiger partial charge in [0.1, 0.15) is 15.5 Å². The minimum atomic E-state index is -0.375. The molecule has 5 rings (SSSR count). The summed E-state index contributed by atoms with van der Waals surface area (Å²) in [7, 11) is 1.56. The third kappa shape index (κ3) is 5.04. The van der Waals surface area contributed by atoms with Crippen molar-refractivity contribution in [2.45, 2.75) is 20.8 Å². The van der Waals surface area contributed by atoms with Gasteiger partial charge in [-0.15, -0.1) is 11.3 Å². The Morgan fingerprint density at radius 3 is 2.51 bits per heavy atom. The number of nitrogens with two attached hydrogens (primary N) is 1. The molecule has 5 aromatic rings. The average Bonchev–Trinajstić information content (AvgIpc) is 3.25. The number of methoxy groups -OCH3 is 1. The highest BCUT2D eigenvalue weighted by molar-refractivity contribution is 7.21. The van der Waals surface area contributed by atoms with Crippen molar-refractivity contribution in [3.8, 4) is 16.9 Å². The number of nitrogens with one attached hydrogen (secondary N) is 2. The molecule has 3 aromatic heterocycles. The number of nitrogens with zero attached hydrogens (tertiary/aromatic N) is 2. The van der Waals surface area contributed by atoms with Crippen molar-refractivity contribution < 1.29 is 14.3 Å². The van der Waals surface area contributed by atoms with Crippen LogP contribution in [0.3, 0.4) is 0 Å². The highest BCUT2D eigenvalue weighted by Crippen LogP contribution is 2.42. The maximum atomic E-state index is 13.8. The van der Waals surface area contributed by atoms with E-state index < -0.39 is 0 Å². The summed E-state index contributed by atoms with van der Waals surface area (Å²) < 4.78 is 5.26. The van der Waals surface area contributed by atoms with Crippen molar-refractivity contribution in [3.05, 3.63) is 94.3 Å². The van der Waals surface area contributed by atoms with Crippen LogP contribution >= 0.6 is 11.3 Å². The molecule has 0 saturated heterocycles. The van der Waals surface area contributed by atoms with Crippen LogP contribution in [0.15, 0.2) is 67.0 Å². The Balaban J connectivity index is 1.64. The van der Waals surface area contributed by atoms with E-state index in [4.69, 9.17) is 15.5 Å². The Morgan fingerprint density at radius 1 is 0.974 bits per heavy atom. The standard InChI is InChI=1S/C30H27N5O3S/c1-16-10-11-22(17(2)13-16)35-28(36)23-18(3)33-30-25(24(23)19-7-6-12-32-15-19)26(31)27(39-30)29(37)34-20-8-5-9-21(14-20)38-4/h5-15H,31H2,1-4H3,(H,34,37)(H,35,36). The lowest BCUT2D eigenvalue weighted by Gasteiger charge is -2.16. The molecular weight excluding hydrogens is 510 g/mol. The first-order valence-corrected chi connectivity index (χ1v) is 13.1. The van der Waals surface area contributed by atoms with Crippen molar-refractivity contribution in [3.63, 3.8) is 0 Å². The zero-order chi connectivity index (χ0) is 27.7. The summed E-state index contributed by atoms with van der Waals surface area (Å²) in [6.07, 6.45) is 3.34.